The van der Waals surface area contributed by atoms with Crippen molar-refractivity contribution in [2.75, 3.05) is 6.54 Å². The van der Waals surface area contributed by atoms with Gasteiger partial charge >= 0.3 is 0 Å². The normalized spacial score (nSPS) is 11.9. The lowest BCUT2D eigenvalue weighted by Crippen LogP contribution is -2.26. The number of sulfonamides is 1. The molecule has 0 spiro atoms. The molecule has 2 rings (SSSR count). The van der Waals surface area contributed by atoms with E-state index < -0.39 is 10.0 Å². The molecule has 0 aromatic carbocycles. The first-order valence-electron chi connectivity index (χ1n) is 5.28. The number of nitrogens with zero attached hydrogens (tertiary/aromatic N) is 1. The van der Waals surface area contributed by atoms with E-state index in [-0.39, 0.29) is 11.5 Å². The molecule has 104 valence electrons. The minimum atomic E-state index is -3.56. The molecule has 0 aliphatic heterocycles. The highest BCUT2D eigenvalue weighted by Gasteiger charge is 2.20. The fourth-order valence-electron chi connectivity index (χ4n) is 1.41. The van der Waals surface area contributed by atoms with Gasteiger partial charge in [-0.05, 0) is 22.0 Å². The fraction of sp³-hybridized carbons (Fsp3) is 0.300. The van der Waals surface area contributed by atoms with Crippen LogP contribution in [0.15, 0.2) is 25.6 Å². The van der Waals surface area contributed by atoms with Gasteiger partial charge in [0.15, 0.2) is 0 Å². The monoisotopic (exact) mass is 382 g/mol. The maximum atomic E-state index is 12.1. The Hall–Kier alpha value is -0.320. The predicted molar refractivity (Wildman–Crippen MR) is 78.9 cm³/mol. The van der Waals surface area contributed by atoms with Crippen LogP contribution in [0.1, 0.15) is 10.6 Å². The lowest BCUT2D eigenvalue weighted by atomic mass is 10.3. The molecule has 9 heteroatoms. The predicted octanol–water partition coefficient (Wildman–Crippen LogP) is 1.98. The van der Waals surface area contributed by atoms with E-state index in [0.29, 0.717) is 21.6 Å². The molecule has 0 bridgehead atoms. The summed E-state index contributed by atoms with van der Waals surface area (Å²) in [6.45, 7) is 0.125. The summed E-state index contributed by atoms with van der Waals surface area (Å²) in [7, 11) is -3.56. The van der Waals surface area contributed by atoms with Crippen LogP contribution in [-0.4, -0.2) is 25.1 Å². The average Bonchev–Trinajstić information content (AvgIpc) is 2.98. The molecule has 0 saturated carbocycles. The largest absolute Gasteiger partial charge is 0.391 e. The topological polar surface area (TPSA) is 79.3 Å². The number of halogens is 1. The molecule has 5 nitrogen and oxygen atoms in total. The van der Waals surface area contributed by atoms with Gasteiger partial charge in [0, 0.05) is 23.2 Å². The van der Waals surface area contributed by atoms with Gasteiger partial charge < -0.3 is 5.11 Å². The average molecular weight is 383 g/mol. The van der Waals surface area contributed by atoms with E-state index in [9.17, 15) is 8.42 Å². The van der Waals surface area contributed by atoms with E-state index in [2.05, 4.69) is 25.6 Å². The third-order valence-electron chi connectivity index (χ3n) is 2.31. The number of hydrogen-bond acceptors (Lipinski definition) is 6. The molecule has 0 fully saturated rings. The molecule has 0 atom stereocenters. The lowest BCUT2D eigenvalue weighted by molar-refractivity contribution is 0.285. The zero-order valence-corrected chi connectivity index (χ0v) is 13.7. The van der Waals surface area contributed by atoms with E-state index in [1.807, 2.05) is 5.38 Å². The van der Waals surface area contributed by atoms with Crippen molar-refractivity contribution in [2.45, 2.75) is 17.9 Å². The summed E-state index contributed by atoms with van der Waals surface area (Å²) in [6, 6.07) is 1.47. The van der Waals surface area contributed by atoms with Crippen molar-refractivity contribution in [2.24, 2.45) is 0 Å². The van der Waals surface area contributed by atoms with Gasteiger partial charge in [0.25, 0.3) is 0 Å². The van der Waals surface area contributed by atoms with Crippen molar-refractivity contribution >= 4 is 48.6 Å². The van der Waals surface area contributed by atoms with Crippen LogP contribution in [-0.2, 0) is 23.1 Å². The minimum Gasteiger partial charge on any atom is -0.391 e. The van der Waals surface area contributed by atoms with Gasteiger partial charge in [0.2, 0.25) is 10.0 Å². The lowest BCUT2D eigenvalue weighted by Gasteiger charge is -2.04. The highest BCUT2D eigenvalue weighted by molar-refractivity contribution is 9.11. The van der Waals surface area contributed by atoms with Crippen molar-refractivity contribution in [3.8, 4) is 0 Å². The Morgan fingerprint density at radius 3 is 2.84 bits per heavy atom. The summed E-state index contributed by atoms with van der Waals surface area (Å²) in [5, 5.41) is 10.9. The molecule has 2 heterocycles. The zero-order valence-electron chi connectivity index (χ0n) is 9.67. The van der Waals surface area contributed by atoms with E-state index >= 15 is 0 Å². The second kappa shape index (κ2) is 6.42. The minimum absolute atomic E-state index is 0.167. The summed E-state index contributed by atoms with van der Waals surface area (Å²) in [6.07, 6.45) is 0.553. The Bertz CT molecular complexity index is 637. The fourth-order valence-corrected chi connectivity index (χ4v) is 5.58. The number of thiazole rings is 1. The second-order valence-electron chi connectivity index (χ2n) is 3.64. The summed E-state index contributed by atoms with van der Waals surface area (Å²) >= 11 is 5.89. The number of aliphatic hydroxyl groups excluding tert-OH is 1. The number of rotatable bonds is 6. The first-order chi connectivity index (χ1) is 9.03. The Balaban J connectivity index is 2.03. The van der Waals surface area contributed by atoms with Crippen molar-refractivity contribution in [1.82, 2.24) is 9.71 Å². The standard InChI is InChI=1S/C10H11BrN2O3S3/c11-10-9(3-8(4-14)18-10)19(15,16)13-2-1-7-5-17-6-12-7/h3,5-6,13-14H,1-2,4H2. The summed E-state index contributed by atoms with van der Waals surface area (Å²) in [5.41, 5.74) is 2.58. The van der Waals surface area contributed by atoms with Gasteiger partial charge in [-0.25, -0.2) is 18.1 Å². The van der Waals surface area contributed by atoms with Crippen LogP contribution in [0.2, 0.25) is 0 Å². The van der Waals surface area contributed by atoms with E-state index in [4.69, 9.17) is 5.11 Å². The van der Waals surface area contributed by atoms with Crippen molar-refractivity contribution in [1.29, 1.82) is 0 Å². The van der Waals surface area contributed by atoms with Crippen LogP contribution in [0.4, 0.5) is 0 Å². The van der Waals surface area contributed by atoms with Crippen LogP contribution < -0.4 is 4.72 Å². The molecule has 0 aliphatic rings. The molecule has 2 aromatic rings. The van der Waals surface area contributed by atoms with Gasteiger partial charge in [-0.1, -0.05) is 0 Å². The van der Waals surface area contributed by atoms with Crippen LogP contribution in [0.25, 0.3) is 0 Å². The molecule has 2 N–H and O–H groups in total. The summed E-state index contributed by atoms with van der Waals surface area (Å²) < 4.78 is 27.2. The first-order valence-corrected chi connectivity index (χ1v) is 9.32. The van der Waals surface area contributed by atoms with Crippen LogP contribution >= 0.6 is 38.6 Å². The number of aliphatic hydroxyl groups is 1. The van der Waals surface area contributed by atoms with E-state index in [1.54, 1.807) is 5.51 Å². The van der Waals surface area contributed by atoms with Gasteiger partial charge in [-0.3, -0.25) is 0 Å². The molecule has 19 heavy (non-hydrogen) atoms. The molecule has 0 amide bonds. The van der Waals surface area contributed by atoms with Crippen LogP contribution in [0, 0.1) is 0 Å². The van der Waals surface area contributed by atoms with E-state index in [0.717, 1.165) is 5.69 Å². The number of aromatic nitrogens is 1. The van der Waals surface area contributed by atoms with Crippen molar-refractivity contribution < 1.29 is 13.5 Å². The zero-order chi connectivity index (χ0) is 13.9. The van der Waals surface area contributed by atoms with Gasteiger partial charge in [-0.15, -0.1) is 22.7 Å². The number of nitrogens with one attached hydrogen (secondary N) is 1. The number of hydrogen-bond donors (Lipinski definition) is 2. The Morgan fingerprint density at radius 1 is 1.47 bits per heavy atom. The van der Waals surface area contributed by atoms with Crippen LogP contribution in [0.3, 0.4) is 0 Å². The third kappa shape index (κ3) is 3.83. The molecule has 0 saturated heterocycles. The summed E-state index contributed by atoms with van der Waals surface area (Å²) in [5.74, 6) is 0. The first kappa shape index (κ1) is 15.1. The molecule has 2 aromatic heterocycles. The smallest absolute Gasteiger partial charge is 0.242 e. The van der Waals surface area contributed by atoms with Gasteiger partial charge in [0.1, 0.15) is 4.90 Å². The Morgan fingerprint density at radius 2 is 2.26 bits per heavy atom. The highest BCUT2D eigenvalue weighted by Crippen LogP contribution is 2.31. The van der Waals surface area contributed by atoms with Crippen LogP contribution in [0.5, 0.6) is 0 Å². The van der Waals surface area contributed by atoms with E-state index in [1.165, 1.54) is 28.7 Å². The second-order valence-corrected chi connectivity index (χ2v) is 8.55. The molecule has 0 aliphatic carbocycles. The maximum Gasteiger partial charge on any atom is 0.242 e. The SMILES string of the molecule is O=S(=O)(NCCc1cscn1)c1cc(CO)sc1Br. The Labute approximate surface area is 127 Å². The number of thiophene rings is 1. The molecule has 0 radical (unpaired) electrons. The molecule has 0 unspecified atom stereocenters. The van der Waals surface area contributed by atoms with Crippen molar-refractivity contribution in [3.05, 3.63) is 31.3 Å². The maximum absolute atomic E-state index is 12.1. The highest BCUT2D eigenvalue weighted by atomic mass is 79.9. The molecular formula is C10H11BrN2O3S3. The van der Waals surface area contributed by atoms with Gasteiger partial charge in [-0.2, -0.15) is 0 Å². The summed E-state index contributed by atoms with van der Waals surface area (Å²) in [4.78, 5) is 4.86. The van der Waals surface area contributed by atoms with Gasteiger partial charge in [0.05, 0.1) is 21.6 Å². The Kier molecular flexibility index (Phi) is 5.09. The van der Waals surface area contributed by atoms with Crippen molar-refractivity contribution in [3.63, 3.8) is 0 Å². The molecular weight excluding hydrogens is 372 g/mol. The third-order valence-corrected chi connectivity index (χ3v) is 6.64. The quantitative estimate of drug-likeness (QED) is 0.800.